The summed E-state index contributed by atoms with van der Waals surface area (Å²) in [7, 11) is 0. The minimum atomic E-state index is -0.370. The number of hydrogen-bond acceptors (Lipinski definition) is 5. The molecule has 0 spiro atoms. The van der Waals surface area contributed by atoms with Gasteiger partial charge in [-0.2, -0.15) is 5.10 Å². The van der Waals surface area contributed by atoms with E-state index >= 15 is 0 Å². The molecule has 0 saturated carbocycles. The number of allylic oxidation sites excluding steroid dienone is 3. The maximum absolute atomic E-state index is 12.0. The highest BCUT2D eigenvalue weighted by Crippen LogP contribution is 2.26. The molecule has 0 radical (unpaired) electrons. The van der Waals surface area contributed by atoms with Crippen molar-refractivity contribution < 1.29 is 19.1 Å². The summed E-state index contributed by atoms with van der Waals surface area (Å²) in [5, 5.41) is 4.24. The molecule has 1 atom stereocenters. The van der Waals surface area contributed by atoms with Gasteiger partial charge >= 0.3 is 5.97 Å². The second-order valence-electron chi connectivity index (χ2n) is 6.91. The quantitative estimate of drug-likeness (QED) is 0.417. The summed E-state index contributed by atoms with van der Waals surface area (Å²) in [6.07, 6.45) is 4.63. The minimum absolute atomic E-state index is 0.164. The summed E-state index contributed by atoms with van der Waals surface area (Å²) in [5.41, 5.74) is 6.05. The van der Waals surface area contributed by atoms with E-state index in [1.165, 1.54) is 0 Å². The van der Waals surface area contributed by atoms with Gasteiger partial charge in [0.25, 0.3) is 5.91 Å². The normalized spacial score (nSPS) is 17.6. The highest BCUT2D eigenvalue weighted by molar-refractivity contribution is 6.01. The van der Waals surface area contributed by atoms with Crippen molar-refractivity contribution in [3.8, 4) is 5.75 Å². The lowest BCUT2D eigenvalue weighted by Gasteiger charge is -2.22. The molecule has 0 unspecified atom stereocenters. The van der Waals surface area contributed by atoms with Gasteiger partial charge in [0.2, 0.25) is 0 Å². The highest BCUT2D eigenvalue weighted by Gasteiger charge is 2.18. The van der Waals surface area contributed by atoms with Gasteiger partial charge in [0, 0.05) is 0 Å². The van der Waals surface area contributed by atoms with Crippen LogP contribution in [0, 0.1) is 5.92 Å². The molecule has 2 rings (SSSR count). The van der Waals surface area contributed by atoms with Crippen molar-refractivity contribution in [2.45, 2.75) is 40.0 Å². The van der Waals surface area contributed by atoms with Crippen molar-refractivity contribution in [3.05, 3.63) is 53.6 Å². The van der Waals surface area contributed by atoms with Crippen LogP contribution in [0.1, 0.15) is 50.4 Å². The third-order valence-corrected chi connectivity index (χ3v) is 4.51. The number of nitrogens with zero attached hydrogens (tertiary/aromatic N) is 1. The lowest BCUT2D eigenvalue weighted by Crippen LogP contribution is -2.27. The van der Waals surface area contributed by atoms with Gasteiger partial charge in [-0.05, 0) is 68.9 Å². The SMILES string of the molecule is C=C(C)[C@H]1CC=C(C)/C(=N\NC(=O)COc2ccc(C(=O)OCCC)cc2)C1. The first-order valence-corrected chi connectivity index (χ1v) is 9.48. The maximum atomic E-state index is 12.0. The number of rotatable bonds is 8. The molecule has 0 saturated heterocycles. The number of benzene rings is 1. The van der Waals surface area contributed by atoms with Crippen LogP contribution in [0.3, 0.4) is 0 Å². The van der Waals surface area contributed by atoms with Gasteiger partial charge in [0.1, 0.15) is 5.75 Å². The molecular formula is C22H28N2O4. The summed E-state index contributed by atoms with van der Waals surface area (Å²) >= 11 is 0. The first-order valence-electron chi connectivity index (χ1n) is 9.48. The molecule has 1 amide bonds. The van der Waals surface area contributed by atoms with Crippen LogP contribution < -0.4 is 10.2 Å². The second kappa shape index (κ2) is 10.4. The van der Waals surface area contributed by atoms with Gasteiger partial charge in [-0.25, -0.2) is 10.2 Å². The fourth-order valence-corrected chi connectivity index (χ4v) is 2.70. The number of nitrogens with one attached hydrogen (secondary N) is 1. The Morgan fingerprint density at radius 1 is 1.29 bits per heavy atom. The molecule has 0 heterocycles. The van der Waals surface area contributed by atoms with Crippen LogP contribution in [0.4, 0.5) is 0 Å². The molecule has 0 aromatic heterocycles. The fourth-order valence-electron chi connectivity index (χ4n) is 2.70. The van der Waals surface area contributed by atoms with Crippen molar-refractivity contribution in [3.63, 3.8) is 0 Å². The van der Waals surface area contributed by atoms with Crippen molar-refractivity contribution in [1.29, 1.82) is 0 Å². The molecule has 0 bridgehead atoms. The first kappa shape index (κ1) is 21.4. The monoisotopic (exact) mass is 384 g/mol. The van der Waals surface area contributed by atoms with E-state index in [4.69, 9.17) is 9.47 Å². The Hall–Kier alpha value is -2.89. The lowest BCUT2D eigenvalue weighted by atomic mass is 9.85. The van der Waals surface area contributed by atoms with Gasteiger partial charge in [-0.15, -0.1) is 0 Å². The predicted octanol–water partition coefficient (Wildman–Crippen LogP) is 4.04. The Balaban J connectivity index is 1.84. The number of carbonyl (C=O) groups excluding carboxylic acids is 2. The molecule has 0 aliphatic heterocycles. The van der Waals surface area contributed by atoms with E-state index in [0.29, 0.717) is 23.8 Å². The molecule has 28 heavy (non-hydrogen) atoms. The fraction of sp³-hybridized carbons (Fsp3) is 0.409. The average molecular weight is 384 g/mol. The van der Waals surface area contributed by atoms with Crippen molar-refractivity contribution in [2.75, 3.05) is 13.2 Å². The van der Waals surface area contributed by atoms with Gasteiger partial charge in [0.15, 0.2) is 6.61 Å². The molecule has 1 N–H and O–H groups in total. The summed E-state index contributed by atoms with van der Waals surface area (Å²) < 4.78 is 10.5. The third-order valence-electron chi connectivity index (χ3n) is 4.51. The smallest absolute Gasteiger partial charge is 0.338 e. The Labute approximate surface area is 166 Å². The summed E-state index contributed by atoms with van der Waals surface area (Å²) in [6.45, 7) is 10.2. The molecule has 150 valence electrons. The zero-order valence-corrected chi connectivity index (χ0v) is 16.8. The standard InChI is InChI=1S/C22H28N2O4/c1-5-12-27-22(26)17-8-10-19(11-9-17)28-14-21(25)24-23-20-13-18(15(2)3)7-6-16(20)4/h6,8-11,18H,2,5,7,12-14H2,1,3-4H3,(H,24,25)/b23-20-/t18-/m0/s1. The predicted molar refractivity (Wildman–Crippen MR) is 109 cm³/mol. The Kier molecular flexibility index (Phi) is 7.99. The van der Waals surface area contributed by atoms with Gasteiger partial charge in [0.05, 0.1) is 17.9 Å². The van der Waals surface area contributed by atoms with Crippen molar-refractivity contribution in [1.82, 2.24) is 5.43 Å². The van der Waals surface area contributed by atoms with E-state index in [9.17, 15) is 9.59 Å². The zero-order valence-electron chi connectivity index (χ0n) is 16.8. The number of amides is 1. The van der Waals surface area contributed by atoms with E-state index in [0.717, 1.165) is 36.1 Å². The Bertz CT molecular complexity index is 778. The molecule has 1 aromatic carbocycles. The average Bonchev–Trinajstić information content (AvgIpc) is 2.70. The van der Waals surface area contributed by atoms with Crippen LogP contribution in [-0.2, 0) is 9.53 Å². The topological polar surface area (TPSA) is 77.0 Å². The van der Waals surface area contributed by atoms with E-state index in [1.54, 1.807) is 24.3 Å². The van der Waals surface area contributed by atoms with Crippen LogP contribution in [0.2, 0.25) is 0 Å². The molecule has 6 heteroatoms. The van der Waals surface area contributed by atoms with Crippen LogP contribution in [0.5, 0.6) is 5.75 Å². The lowest BCUT2D eigenvalue weighted by molar-refractivity contribution is -0.123. The molecule has 1 aliphatic rings. The number of esters is 1. The summed E-state index contributed by atoms with van der Waals surface area (Å²) in [5.74, 6) is 0.138. The van der Waals surface area contributed by atoms with E-state index in [1.807, 2.05) is 20.8 Å². The first-order chi connectivity index (χ1) is 13.4. The van der Waals surface area contributed by atoms with Crippen LogP contribution in [0.25, 0.3) is 0 Å². The number of hydrazone groups is 1. The second-order valence-corrected chi connectivity index (χ2v) is 6.91. The number of ether oxygens (including phenoxy) is 2. The molecule has 1 aromatic rings. The number of carbonyl (C=O) groups is 2. The molecular weight excluding hydrogens is 356 g/mol. The Morgan fingerprint density at radius 3 is 2.64 bits per heavy atom. The highest BCUT2D eigenvalue weighted by atomic mass is 16.5. The largest absolute Gasteiger partial charge is 0.484 e. The zero-order chi connectivity index (χ0) is 20.5. The summed E-state index contributed by atoms with van der Waals surface area (Å²) in [4.78, 5) is 23.8. The minimum Gasteiger partial charge on any atom is -0.484 e. The third kappa shape index (κ3) is 6.37. The van der Waals surface area contributed by atoms with Gasteiger partial charge < -0.3 is 9.47 Å². The maximum Gasteiger partial charge on any atom is 0.338 e. The van der Waals surface area contributed by atoms with Crippen molar-refractivity contribution in [2.24, 2.45) is 11.0 Å². The molecule has 6 nitrogen and oxygen atoms in total. The summed E-state index contributed by atoms with van der Waals surface area (Å²) in [6, 6.07) is 6.49. The van der Waals surface area contributed by atoms with Crippen molar-refractivity contribution >= 4 is 17.6 Å². The van der Waals surface area contributed by atoms with Crippen LogP contribution in [-0.4, -0.2) is 30.8 Å². The van der Waals surface area contributed by atoms with E-state index < -0.39 is 0 Å². The molecule has 0 fully saturated rings. The van der Waals surface area contributed by atoms with E-state index in [-0.39, 0.29) is 18.5 Å². The van der Waals surface area contributed by atoms with Gasteiger partial charge in [-0.1, -0.05) is 25.2 Å². The molecule has 1 aliphatic carbocycles. The van der Waals surface area contributed by atoms with Crippen LogP contribution >= 0.6 is 0 Å². The number of hydrogen-bond donors (Lipinski definition) is 1. The van der Waals surface area contributed by atoms with E-state index in [2.05, 4.69) is 23.2 Å². The van der Waals surface area contributed by atoms with Gasteiger partial charge in [-0.3, -0.25) is 4.79 Å². The Morgan fingerprint density at radius 2 is 2.00 bits per heavy atom. The van der Waals surface area contributed by atoms with Crippen LogP contribution in [0.15, 0.2) is 53.2 Å².